The zero-order chi connectivity index (χ0) is 15.4. The van der Waals surface area contributed by atoms with Crippen LogP contribution >= 0.6 is 22.6 Å². The molecule has 0 aromatic carbocycles. The summed E-state index contributed by atoms with van der Waals surface area (Å²) in [5.74, 6) is 0.850. The van der Waals surface area contributed by atoms with Gasteiger partial charge in [0.2, 0.25) is 0 Å². The summed E-state index contributed by atoms with van der Waals surface area (Å²) in [5, 5.41) is 16.3. The second-order valence-electron chi connectivity index (χ2n) is 4.74. The Hall–Kier alpha value is -1.65. The zero-order valence-electron chi connectivity index (χ0n) is 11.9. The molecule has 114 valence electrons. The van der Waals surface area contributed by atoms with Crippen LogP contribution < -0.4 is 10.2 Å². The molecule has 8 nitrogen and oxygen atoms in total. The third-order valence-electron chi connectivity index (χ3n) is 2.96. The number of aromatic nitrogens is 4. The van der Waals surface area contributed by atoms with Gasteiger partial charge in [-0.05, 0) is 35.4 Å². The summed E-state index contributed by atoms with van der Waals surface area (Å²) >= 11 is 2.19. The number of halogens is 1. The van der Waals surface area contributed by atoms with Crippen molar-refractivity contribution in [3.8, 4) is 0 Å². The summed E-state index contributed by atoms with van der Waals surface area (Å²) in [6, 6.07) is 0. The van der Waals surface area contributed by atoms with Crippen molar-refractivity contribution in [1.82, 2.24) is 25.1 Å². The molecule has 0 unspecified atom stereocenters. The summed E-state index contributed by atoms with van der Waals surface area (Å²) in [6.07, 6.45) is 2.14. The third kappa shape index (κ3) is 3.71. The van der Waals surface area contributed by atoms with Crippen LogP contribution in [0, 0.1) is 3.70 Å². The quantitative estimate of drug-likeness (QED) is 0.560. The Balaban J connectivity index is 2.11. The standard InChI is InChI=1S/C12H17IN6O2/c1-18(2)10-8-9(13)17-19(11(8)16-7-15-10)6-4-3-5-14-12(20)21/h7,14H,3-6H2,1-2H3,(H,20,21). The van der Waals surface area contributed by atoms with Crippen molar-refractivity contribution < 1.29 is 9.90 Å². The Morgan fingerprint density at radius 3 is 2.86 bits per heavy atom. The number of nitrogens with zero attached hydrogens (tertiary/aromatic N) is 5. The van der Waals surface area contributed by atoms with Crippen LogP contribution in [0.3, 0.4) is 0 Å². The molecule has 0 fully saturated rings. The fraction of sp³-hybridized carbons (Fsp3) is 0.500. The predicted molar refractivity (Wildman–Crippen MR) is 87.6 cm³/mol. The minimum atomic E-state index is -0.988. The highest BCUT2D eigenvalue weighted by Crippen LogP contribution is 2.26. The van der Waals surface area contributed by atoms with Gasteiger partial charge in [0.15, 0.2) is 5.65 Å². The van der Waals surface area contributed by atoms with Gasteiger partial charge >= 0.3 is 6.09 Å². The molecule has 0 saturated carbocycles. The van der Waals surface area contributed by atoms with Crippen LogP contribution in [0.2, 0.25) is 0 Å². The fourth-order valence-corrected chi connectivity index (χ4v) is 2.77. The molecule has 2 aromatic rings. The molecule has 2 heterocycles. The van der Waals surface area contributed by atoms with Crippen LogP contribution in [-0.2, 0) is 6.54 Å². The number of fused-ring (bicyclic) bond motifs is 1. The molecule has 0 spiro atoms. The lowest BCUT2D eigenvalue weighted by atomic mass is 10.3. The second kappa shape index (κ2) is 6.87. The van der Waals surface area contributed by atoms with Gasteiger partial charge in [0, 0.05) is 27.2 Å². The number of hydrogen-bond acceptors (Lipinski definition) is 5. The van der Waals surface area contributed by atoms with Crippen LogP contribution in [-0.4, -0.2) is 51.6 Å². The van der Waals surface area contributed by atoms with E-state index in [1.54, 1.807) is 0 Å². The van der Waals surface area contributed by atoms with Gasteiger partial charge in [-0.25, -0.2) is 19.4 Å². The average molecular weight is 404 g/mol. The number of amides is 1. The van der Waals surface area contributed by atoms with Gasteiger partial charge in [-0.2, -0.15) is 5.10 Å². The van der Waals surface area contributed by atoms with Gasteiger partial charge in [-0.15, -0.1) is 0 Å². The SMILES string of the molecule is CN(C)c1ncnc2c1c(I)nn2CCCCNC(=O)O. The monoisotopic (exact) mass is 404 g/mol. The van der Waals surface area contributed by atoms with Gasteiger partial charge in [0.25, 0.3) is 0 Å². The first-order chi connectivity index (χ1) is 10.0. The van der Waals surface area contributed by atoms with Gasteiger partial charge < -0.3 is 15.3 Å². The molecule has 0 radical (unpaired) electrons. The Morgan fingerprint density at radius 1 is 1.43 bits per heavy atom. The summed E-state index contributed by atoms with van der Waals surface area (Å²) in [4.78, 5) is 20.9. The molecule has 0 aliphatic rings. The lowest BCUT2D eigenvalue weighted by Crippen LogP contribution is -2.22. The topological polar surface area (TPSA) is 96.2 Å². The number of carbonyl (C=O) groups is 1. The first-order valence-corrected chi connectivity index (χ1v) is 7.59. The van der Waals surface area contributed by atoms with Gasteiger partial charge in [-0.3, -0.25) is 0 Å². The van der Waals surface area contributed by atoms with Crippen molar-refractivity contribution in [1.29, 1.82) is 0 Å². The highest BCUT2D eigenvalue weighted by atomic mass is 127. The van der Waals surface area contributed by atoms with Crippen molar-refractivity contribution in [2.45, 2.75) is 19.4 Å². The second-order valence-corrected chi connectivity index (χ2v) is 5.77. The molecule has 21 heavy (non-hydrogen) atoms. The minimum absolute atomic E-state index is 0.448. The molecule has 0 aliphatic carbocycles. The minimum Gasteiger partial charge on any atom is -0.465 e. The Kier molecular flexibility index (Phi) is 5.15. The number of aryl methyl sites for hydroxylation is 1. The van der Waals surface area contributed by atoms with E-state index in [1.165, 1.54) is 6.33 Å². The molecular formula is C12H17IN6O2. The molecule has 0 atom stereocenters. The van der Waals surface area contributed by atoms with Crippen molar-refractivity contribution in [3.63, 3.8) is 0 Å². The Morgan fingerprint density at radius 2 is 2.19 bits per heavy atom. The number of rotatable bonds is 6. The maximum Gasteiger partial charge on any atom is 0.404 e. The molecule has 2 rings (SSSR count). The number of hydrogen-bond donors (Lipinski definition) is 2. The summed E-state index contributed by atoms with van der Waals surface area (Å²) < 4.78 is 2.72. The number of nitrogens with one attached hydrogen (secondary N) is 1. The normalized spacial score (nSPS) is 10.8. The van der Waals surface area contributed by atoms with E-state index in [0.29, 0.717) is 13.1 Å². The third-order valence-corrected chi connectivity index (χ3v) is 3.72. The summed E-state index contributed by atoms with van der Waals surface area (Å²) in [5.41, 5.74) is 0.810. The van der Waals surface area contributed by atoms with Crippen LogP contribution in [0.5, 0.6) is 0 Å². The molecule has 2 N–H and O–H groups in total. The van der Waals surface area contributed by atoms with Crippen LogP contribution in [0.25, 0.3) is 11.0 Å². The number of unbranched alkanes of at least 4 members (excludes halogenated alkanes) is 1. The van der Waals surface area contributed by atoms with E-state index in [0.717, 1.165) is 33.4 Å². The number of anilines is 1. The highest BCUT2D eigenvalue weighted by molar-refractivity contribution is 14.1. The molecule has 0 saturated heterocycles. The Labute approximate surface area is 135 Å². The summed E-state index contributed by atoms with van der Waals surface area (Å²) in [6.45, 7) is 1.15. The van der Waals surface area contributed by atoms with E-state index >= 15 is 0 Å². The van der Waals surface area contributed by atoms with Gasteiger partial charge in [0.05, 0.1) is 5.39 Å². The summed E-state index contributed by atoms with van der Waals surface area (Å²) in [7, 11) is 3.87. The van der Waals surface area contributed by atoms with Crippen molar-refractivity contribution in [2.75, 3.05) is 25.5 Å². The molecular weight excluding hydrogens is 387 g/mol. The smallest absolute Gasteiger partial charge is 0.404 e. The van der Waals surface area contributed by atoms with E-state index in [4.69, 9.17) is 5.11 Å². The number of carboxylic acid groups (broad SMARTS) is 1. The fourth-order valence-electron chi connectivity index (χ4n) is 2.03. The lowest BCUT2D eigenvalue weighted by Gasteiger charge is -2.11. The lowest BCUT2D eigenvalue weighted by molar-refractivity contribution is 0.194. The maximum absolute atomic E-state index is 10.4. The van der Waals surface area contributed by atoms with E-state index in [1.807, 2.05) is 23.7 Å². The first-order valence-electron chi connectivity index (χ1n) is 6.52. The van der Waals surface area contributed by atoms with Crippen LogP contribution in [0.4, 0.5) is 10.6 Å². The van der Waals surface area contributed by atoms with Crippen molar-refractivity contribution >= 4 is 45.5 Å². The van der Waals surface area contributed by atoms with Crippen LogP contribution in [0.1, 0.15) is 12.8 Å². The molecule has 9 heteroatoms. The van der Waals surface area contributed by atoms with Crippen molar-refractivity contribution in [3.05, 3.63) is 10.0 Å². The molecule has 1 amide bonds. The molecule has 0 bridgehead atoms. The van der Waals surface area contributed by atoms with E-state index in [9.17, 15) is 4.79 Å². The van der Waals surface area contributed by atoms with E-state index < -0.39 is 6.09 Å². The first kappa shape index (κ1) is 15.7. The highest BCUT2D eigenvalue weighted by Gasteiger charge is 2.15. The largest absolute Gasteiger partial charge is 0.465 e. The van der Waals surface area contributed by atoms with E-state index in [2.05, 4.69) is 43.0 Å². The van der Waals surface area contributed by atoms with Crippen molar-refractivity contribution in [2.24, 2.45) is 0 Å². The zero-order valence-corrected chi connectivity index (χ0v) is 14.0. The van der Waals surface area contributed by atoms with E-state index in [-0.39, 0.29) is 0 Å². The van der Waals surface area contributed by atoms with Crippen LogP contribution in [0.15, 0.2) is 6.33 Å². The average Bonchev–Trinajstić information content (AvgIpc) is 2.75. The van der Waals surface area contributed by atoms with Gasteiger partial charge in [0.1, 0.15) is 15.8 Å². The predicted octanol–water partition coefficient (Wildman–Crippen LogP) is 1.54. The molecule has 2 aromatic heterocycles. The Bertz CT molecular complexity index is 642. The maximum atomic E-state index is 10.4. The molecule has 0 aliphatic heterocycles. The van der Waals surface area contributed by atoms with Gasteiger partial charge in [-0.1, -0.05) is 0 Å².